The van der Waals surface area contributed by atoms with Crippen LogP contribution in [-0.2, 0) is 0 Å². The lowest BCUT2D eigenvalue weighted by Crippen LogP contribution is -1.97. The van der Waals surface area contributed by atoms with E-state index in [2.05, 4.69) is 66.5 Å². The maximum Gasteiger partial charge on any atom is 0.0711 e. The molecule has 3 aromatic rings. The molecule has 1 saturated carbocycles. The van der Waals surface area contributed by atoms with Gasteiger partial charge in [-0.05, 0) is 49.6 Å². The molecule has 0 radical (unpaired) electrons. The number of pyridine rings is 2. The van der Waals surface area contributed by atoms with Gasteiger partial charge in [0.25, 0.3) is 0 Å². The number of hydrogen-bond donors (Lipinski definition) is 0. The first-order chi connectivity index (χ1) is 11.8. The van der Waals surface area contributed by atoms with Gasteiger partial charge >= 0.3 is 0 Å². The average molecular weight is 314 g/mol. The van der Waals surface area contributed by atoms with E-state index in [0.29, 0.717) is 5.92 Å². The third-order valence-electron chi connectivity index (χ3n) is 5.02. The van der Waals surface area contributed by atoms with Gasteiger partial charge < -0.3 is 0 Å². The van der Waals surface area contributed by atoms with Crippen LogP contribution in [0.5, 0.6) is 0 Å². The van der Waals surface area contributed by atoms with E-state index in [1.165, 1.54) is 42.5 Å². The molecule has 24 heavy (non-hydrogen) atoms. The predicted octanol–water partition coefficient (Wildman–Crippen LogP) is 5.78. The van der Waals surface area contributed by atoms with Crippen molar-refractivity contribution in [3.8, 4) is 22.5 Å². The molecule has 1 aromatic carbocycles. The van der Waals surface area contributed by atoms with E-state index in [4.69, 9.17) is 4.98 Å². The van der Waals surface area contributed by atoms with Crippen LogP contribution in [0.4, 0.5) is 0 Å². The van der Waals surface area contributed by atoms with Gasteiger partial charge in [-0.3, -0.25) is 9.97 Å². The van der Waals surface area contributed by atoms with Gasteiger partial charge in [0, 0.05) is 28.9 Å². The summed E-state index contributed by atoms with van der Waals surface area (Å²) in [5.41, 5.74) is 6.89. The summed E-state index contributed by atoms with van der Waals surface area (Å²) in [7, 11) is 0. The summed E-state index contributed by atoms with van der Waals surface area (Å²) in [5, 5.41) is 0. The van der Waals surface area contributed by atoms with Gasteiger partial charge in [0.05, 0.1) is 11.4 Å². The highest BCUT2D eigenvalue weighted by Gasteiger charge is 2.18. The smallest absolute Gasteiger partial charge is 0.0711 e. The highest BCUT2D eigenvalue weighted by atomic mass is 14.7. The molecule has 0 aliphatic heterocycles. The molecule has 0 atom stereocenters. The fourth-order valence-electron chi connectivity index (χ4n) is 3.66. The molecule has 0 bridgehead atoms. The summed E-state index contributed by atoms with van der Waals surface area (Å²) in [6.45, 7) is 2.13. The molecule has 0 spiro atoms. The Morgan fingerprint density at radius 2 is 1.71 bits per heavy atom. The highest BCUT2D eigenvalue weighted by molar-refractivity contribution is 5.70. The normalized spacial score (nSPS) is 14.9. The number of nitrogens with zero attached hydrogens (tertiary/aromatic N) is 2. The van der Waals surface area contributed by atoms with Crippen molar-refractivity contribution < 1.29 is 0 Å². The molecule has 2 aromatic heterocycles. The van der Waals surface area contributed by atoms with Crippen molar-refractivity contribution in [2.45, 2.75) is 38.5 Å². The summed E-state index contributed by atoms with van der Waals surface area (Å²) in [6, 6.07) is 19.0. The third-order valence-corrected chi connectivity index (χ3v) is 5.02. The molecular weight excluding hydrogens is 292 g/mol. The lowest BCUT2D eigenvalue weighted by atomic mass is 10.0. The van der Waals surface area contributed by atoms with E-state index in [1.807, 2.05) is 6.20 Å². The predicted molar refractivity (Wildman–Crippen MR) is 98.9 cm³/mol. The molecule has 0 N–H and O–H groups in total. The maximum absolute atomic E-state index is 4.95. The van der Waals surface area contributed by atoms with E-state index < -0.39 is 0 Å². The minimum absolute atomic E-state index is 0.641. The van der Waals surface area contributed by atoms with Gasteiger partial charge in [-0.2, -0.15) is 0 Å². The van der Waals surface area contributed by atoms with Crippen LogP contribution in [0, 0.1) is 6.92 Å². The van der Waals surface area contributed by atoms with Crippen molar-refractivity contribution in [3.05, 3.63) is 72.1 Å². The van der Waals surface area contributed by atoms with Crippen molar-refractivity contribution in [1.29, 1.82) is 0 Å². The van der Waals surface area contributed by atoms with Crippen molar-refractivity contribution >= 4 is 0 Å². The van der Waals surface area contributed by atoms with E-state index in [9.17, 15) is 0 Å². The second-order valence-corrected chi connectivity index (χ2v) is 6.67. The van der Waals surface area contributed by atoms with E-state index in [1.54, 1.807) is 0 Å². The zero-order valence-electron chi connectivity index (χ0n) is 14.1. The van der Waals surface area contributed by atoms with Crippen LogP contribution < -0.4 is 0 Å². The van der Waals surface area contributed by atoms with Crippen molar-refractivity contribution in [2.24, 2.45) is 0 Å². The maximum atomic E-state index is 4.95. The molecule has 1 fully saturated rings. The number of aryl methyl sites for hydroxylation is 1. The van der Waals surface area contributed by atoms with Gasteiger partial charge in [-0.15, -0.1) is 0 Å². The molecule has 2 heteroatoms. The van der Waals surface area contributed by atoms with Crippen LogP contribution in [0.25, 0.3) is 22.5 Å². The molecule has 0 unspecified atom stereocenters. The fourth-order valence-corrected chi connectivity index (χ4v) is 3.66. The summed E-state index contributed by atoms with van der Waals surface area (Å²) in [5.74, 6) is 0.641. The Bertz CT molecular complexity index is 848. The summed E-state index contributed by atoms with van der Waals surface area (Å²) >= 11 is 0. The topological polar surface area (TPSA) is 25.8 Å². The minimum Gasteiger partial charge on any atom is -0.256 e. The second kappa shape index (κ2) is 6.56. The van der Waals surface area contributed by atoms with Gasteiger partial charge in [-0.25, -0.2) is 0 Å². The van der Waals surface area contributed by atoms with Crippen molar-refractivity contribution in [1.82, 2.24) is 9.97 Å². The van der Waals surface area contributed by atoms with Crippen LogP contribution in [0.2, 0.25) is 0 Å². The molecule has 2 nitrogen and oxygen atoms in total. The third kappa shape index (κ3) is 2.96. The zero-order chi connectivity index (χ0) is 16.4. The van der Waals surface area contributed by atoms with Crippen LogP contribution in [0.15, 0.2) is 60.8 Å². The Balaban J connectivity index is 1.71. The molecule has 0 saturated heterocycles. The second-order valence-electron chi connectivity index (χ2n) is 6.67. The average Bonchev–Trinajstić information content (AvgIpc) is 3.17. The van der Waals surface area contributed by atoms with Crippen LogP contribution in [0.1, 0.15) is 42.9 Å². The van der Waals surface area contributed by atoms with E-state index in [0.717, 1.165) is 17.0 Å². The molecular formula is C22H22N2. The fraction of sp³-hybridized carbons (Fsp3) is 0.273. The van der Waals surface area contributed by atoms with E-state index >= 15 is 0 Å². The van der Waals surface area contributed by atoms with Gasteiger partial charge in [0.15, 0.2) is 0 Å². The highest BCUT2D eigenvalue weighted by Crippen LogP contribution is 2.34. The Morgan fingerprint density at radius 3 is 2.54 bits per heavy atom. The number of hydrogen-bond acceptors (Lipinski definition) is 2. The van der Waals surface area contributed by atoms with Crippen molar-refractivity contribution in [3.63, 3.8) is 0 Å². The molecule has 1 aliphatic carbocycles. The lowest BCUT2D eigenvalue weighted by Gasteiger charge is -2.11. The first kappa shape index (κ1) is 15.1. The standard InChI is InChI=1S/C22H22N2/c1-16-7-2-5-10-19(16)22-15-18(13-14-23-22)21-12-6-11-20(24-21)17-8-3-4-9-17/h2,5-7,10-15,17H,3-4,8-9H2,1H3. The zero-order valence-corrected chi connectivity index (χ0v) is 14.1. The number of aromatic nitrogens is 2. The summed E-state index contributed by atoms with van der Waals surface area (Å²) in [6.07, 6.45) is 7.12. The van der Waals surface area contributed by atoms with Crippen molar-refractivity contribution in [2.75, 3.05) is 0 Å². The lowest BCUT2D eigenvalue weighted by molar-refractivity contribution is 0.698. The molecule has 4 rings (SSSR count). The minimum atomic E-state index is 0.641. The summed E-state index contributed by atoms with van der Waals surface area (Å²) < 4.78 is 0. The van der Waals surface area contributed by atoms with Crippen LogP contribution in [-0.4, -0.2) is 9.97 Å². The Labute approximate surface area is 143 Å². The van der Waals surface area contributed by atoms with Crippen LogP contribution in [0.3, 0.4) is 0 Å². The number of benzene rings is 1. The molecule has 1 aliphatic rings. The SMILES string of the molecule is Cc1ccccc1-c1cc(-c2cccc(C3CCCC3)n2)ccn1. The van der Waals surface area contributed by atoms with Gasteiger partial charge in [0.1, 0.15) is 0 Å². The summed E-state index contributed by atoms with van der Waals surface area (Å²) in [4.78, 5) is 9.52. The first-order valence-electron chi connectivity index (χ1n) is 8.80. The quantitative estimate of drug-likeness (QED) is 0.612. The molecule has 120 valence electrons. The number of rotatable bonds is 3. The molecule has 2 heterocycles. The Hall–Kier alpha value is -2.48. The van der Waals surface area contributed by atoms with Gasteiger partial charge in [0.2, 0.25) is 0 Å². The largest absolute Gasteiger partial charge is 0.256 e. The van der Waals surface area contributed by atoms with Crippen LogP contribution >= 0.6 is 0 Å². The van der Waals surface area contributed by atoms with E-state index in [-0.39, 0.29) is 0 Å². The van der Waals surface area contributed by atoms with Gasteiger partial charge in [-0.1, -0.05) is 43.2 Å². The monoisotopic (exact) mass is 314 g/mol. The Morgan fingerprint density at radius 1 is 0.875 bits per heavy atom. The first-order valence-corrected chi connectivity index (χ1v) is 8.80. The Kier molecular flexibility index (Phi) is 4.12. The molecule has 0 amide bonds.